The van der Waals surface area contributed by atoms with Crippen LogP contribution in [0.2, 0.25) is 0 Å². The van der Waals surface area contributed by atoms with E-state index < -0.39 is 25.0 Å². The lowest BCUT2D eigenvalue weighted by atomic mass is 10.3. The minimum Gasteiger partial charge on any atom is -0.428 e. The molecule has 88 valence electrons. The molecule has 0 bridgehead atoms. The lowest BCUT2D eigenvalue weighted by molar-refractivity contribution is -0.151. The van der Waals surface area contributed by atoms with E-state index in [9.17, 15) is 14.0 Å². The molecule has 0 aliphatic rings. The van der Waals surface area contributed by atoms with Crippen molar-refractivity contribution in [2.24, 2.45) is 0 Å². The average molecular weight is 221 g/mol. The van der Waals surface area contributed by atoms with Crippen LogP contribution in [0.3, 0.4) is 0 Å². The van der Waals surface area contributed by atoms with E-state index in [2.05, 4.69) is 14.8 Å². The molecule has 0 heterocycles. The fourth-order valence-corrected chi connectivity index (χ4v) is 0.700. The molecular weight excluding hydrogens is 205 g/mol. The van der Waals surface area contributed by atoms with Crippen LogP contribution in [0.15, 0.2) is 0 Å². The van der Waals surface area contributed by atoms with Gasteiger partial charge in [0, 0.05) is 6.42 Å². The summed E-state index contributed by atoms with van der Waals surface area (Å²) in [6.45, 7) is 2.58. The number of amides is 1. The molecule has 0 aromatic heterocycles. The number of rotatable bonds is 6. The molecule has 0 saturated carbocycles. The number of hydrogen-bond donors (Lipinski definition) is 1. The first-order valence-corrected chi connectivity index (χ1v) is 4.76. The van der Waals surface area contributed by atoms with Crippen molar-refractivity contribution in [3.8, 4) is 0 Å². The van der Waals surface area contributed by atoms with Gasteiger partial charge in [0.25, 0.3) is 0 Å². The van der Waals surface area contributed by atoms with Crippen LogP contribution >= 0.6 is 0 Å². The molecule has 15 heavy (non-hydrogen) atoms. The highest BCUT2D eigenvalue weighted by molar-refractivity contribution is 5.70. The first-order chi connectivity index (χ1) is 7.06. The minimum atomic E-state index is -1.14. The Morgan fingerprint density at radius 2 is 2.07 bits per heavy atom. The summed E-state index contributed by atoms with van der Waals surface area (Å²) < 4.78 is 21.3. The molecule has 0 saturated heterocycles. The standard InChI is InChI=1S/C9H16FNO4/c1-3-4-8(12)14-6-15-9(13)11-5-7(2)10/h7H,3-6H2,1-2H3,(H,11,13)/t7-/m1/s1. The summed E-state index contributed by atoms with van der Waals surface area (Å²) in [6.07, 6.45) is -0.986. The summed E-state index contributed by atoms with van der Waals surface area (Å²) in [7, 11) is 0. The Bertz CT molecular complexity index is 208. The summed E-state index contributed by atoms with van der Waals surface area (Å²) in [5.41, 5.74) is 0. The predicted molar refractivity (Wildman–Crippen MR) is 50.9 cm³/mol. The Balaban J connectivity index is 3.42. The number of hydrogen-bond acceptors (Lipinski definition) is 4. The van der Waals surface area contributed by atoms with E-state index in [0.29, 0.717) is 6.42 Å². The third kappa shape index (κ3) is 8.99. The molecule has 0 fully saturated rings. The first-order valence-electron chi connectivity index (χ1n) is 4.76. The molecule has 1 amide bonds. The van der Waals surface area contributed by atoms with Gasteiger partial charge in [0.2, 0.25) is 6.79 Å². The van der Waals surface area contributed by atoms with E-state index in [1.54, 1.807) is 0 Å². The van der Waals surface area contributed by atoms with Crippen molar-refractivity contribution in [2.45, 2.75) is 32.9 Å². The average Bonchev–Trinajstić information content (AvgIpc) is 2.15. The number of carbonyl (C=O) groups is 2. The Morgan fingerprint density at radius 1 is 1.40 bits per heavy atom. The van der Waals surface area contributed by atoms with Crippen molar-refractivity contribution in [3.05, 3.63) is 0 Å². The van der Waals surface area contributed by atoms with Crippen molar-refractivity contribution in [1.29, 1.82) is 0 Å². The summed E-state index contributed by atoms with van der Waals surface area (Å²) in [5.74, 6) is -0.427. The Kier molecular flexibility index (Phi) is 7.31. The van der Waals surface area contributed by atoms with Gasteiger partial charge in [-0.2, -0.15) is 0 Å². The zero-order chi connectivity index (χ0) is 11.7. The highest BCUT2D eigenvalue weighted by Crippen LogP contribution is 1.92. The highest BCUT2D eigenvalue weighted by atomic mass is 19.1. The number of nitrogens with one attached hydrogen (secondary N) is 1. The van der Waals surface area contributed by atoms with E-state index in [0.717, 1.165) is 0 Å². The van der Waals surface area contributed by atoms with E-state index in [1.165, 1.54) is 6.92 Å². The fourth-order valence-electron chi connectivity index (χ4n) is 0.700. The second kappa shape index (κ2) is 8.02. The number of halogens is 1. The number of ether oxygens (including phenoxy) is 2. The molecule has 1 atom stereocenters. The Labute approximate surface area is 87.9 Å². The van der Waals surface area contributed by atoms with Crippen LogP contribution in [0.4, 0.5) is 9.18 Å². The van der Waals surface area contributed by atoms with E-state index in [-0.39, 0.29) is 13.0 Å². The zero-order valence-corrected chi connectivity index (χ0v) is 8.92. The van der Waals surface area contributed by atoms with Crippen LogP contribution in [-0.4, -0.2) is 31.6 Å². The van der Waals surface area contributed by atoms with Gasteiger partial charge < -0.3 is 14.8 Å². The topological polar surface area (TPSA) is 64.6 Å². The summed E-state index contributed by atoms with van der Waals surface area (Å²) in [6, 6.07) is 0. The van der Waals surface area contributed by atoms with Crippen molar-refractivity contribution in [3.63, 3.8) is 0 Å². The van der Waals surface area contributed by atoms with Crippen molar-refractivity contribution in [2.75, 3.05) is 13.3 Å². The molecule has 0 radical (unpaired) electrons. The van der Waals surface area contributed by atoms with Crippen molar-refractivity contribution in [1.82, 2.24) is 5.32 Å². The lowest BCUT2D eigenvalue weighted by Gasteiger charge is -2.07. The molecule has 0 rings (SSSR count). The summed E-state index contributed by atoms with van der Waals surface area (Å²) in [4.78, 5) is 21.6. The fraction of sp³-hybridized carbons (Fsp3) is 0.778. The Morgan fingerprint density at radius 3 is 2.60 bits per heavy atom. The van der Waals surface area contributed by atoms with Crippen LogP contribution in [0.5, 0.6) is 0 Å². The number of carbonyl (C=O) groups excluding carboxylic acids is 2. The highest BCUT2D eigenvalue weighted by Gasteiger charge is 2.06. The van der Waals surface area contributed by atoms with E-state index in [4.69, 9.17) is 0 Å². The van der Waals surface area contributed by atoms with Gasteiger partial charge in [0.1, 0.15) is 6.17 Å². The number of esters is 1. The lowest BCUT2D eigenvalue weighted by Crippen LogP contribution is -2.30. The number of alkyl halides is 1. The Hall–Kier alpha value is -1.33. The van der Waals surface area contributed by atoms with Gasteiger partial charge in [-0.3, -0.25) is 4.79 Å². The molecular formula is C9H16FNO4. The molecule has 0 aliphatic heterocycles. The molecule has 5 nitrogen and oxygen atoms in total. The normalized spacial score (nSPS) is 11.7. The van der Waals surface area contributed by atoms with Crippen LogP contribution in [0.25, 0.3) is 0 Å². The van der Waals surface area contributed by atoms with Gasteiger partial charge >= 0.3 is 12.1 Å². The summed E-state index contributed by atoms with van der Waals surface area (Å²) >= 11 is 0. The van der Waals surface area contributed by atoms with E-state index >= 15 is 0 Å². The third-order valence-corrected chi connectivity index (χ3v) is 1.39. The maximum absolute atomic E-state index is 12.3. The second-order valence-corrected chi connectivity index (χ2v) is 2.98. The van der Waals surface area contributed by atoms with Crippen LogP contribution in [-0.2, 0) is 14.3 Å². The second-order valence-electron chi connectivity index (χ2n) is 2.98. The maximum Gasteiger partial charge on any atom is 0.410 e. The third-order valence-electron chi connectivity index (χ3n) is 1.39. The van der Waals surface area contributed by atoms with Gasteiger partial charge in [0.05, 0.1) is 6.54 Å². The van der Waals surface area contributed by atoms with Gasteiger partial charge in [-0.05, 0) is 13.3 Å². The maximum atomic E-state index is 12.3. The molecule has 6 heteroatoms. The van der Waals surface area contributed by atoms with Crippen LogP contribution < -0.4 is 5.32 Å². The summed E-state index contributed by atoms with van der Waals surface area (Å²) in [5, 5.41) is 2.16. The zero-order valence-electron chi connectivity index (χ0n) is 8.92. The molecule has 0 aromatic rings. The largest absolute Gasteiger partial charge is 0.428 e. The smallest absolute Gasteiger partial charge is 0.410 e. The van der Waals surface area contributed by atoms with Gasteiger partial charge in [0.15, 0.2) is 0 Å². The predicted octanol–water partition coefficient (Wildman–Crippen LogP) is 1.37. The van der Waals surface area contributed by atoms with Crippen LogP contribution in [0.1, 0.15) is 26.7 Å². The van der Waals surface area contributed by atoms with E-state index in [1.807, 2.05) is 6.92 Å². The van der Waals surface area contributed by atoms with Crippen molar-refractivity contribution < 1.29 is 23.5 Å². The van der Waals surface area contributed by atoms with Gasteiger partial charge in [-0.15, -0.1) is 0 Å². The monoisotopic (exact) mass is 221 g/mol. The molecule has 0 aliphatic carbocycles. The first kappa shape index (κ1) is 13.7. The minimum absolute atomic E-state index is 0.123. The van der Waals surface area contributed by atoms with Crippen LogP contribution in [0, 0.1) is 0 Å². The van der Waals surface area contributed by atoms with Gasteiger partial charge in [-0.25, -0.2) is 9.18 Å². The van der Waals surface area contributed by atoms with Gasteiger partial charge in [-0.1, -0.05) is 6.92 Å². The molecule has 1 N–H and O–H groups in total. The molecule has 0 aromatic carbocycles. The molecule has 0 spiro atoms. The number of alkyl carbamates (subject to hydrolysis) is 1. The quantitative estimate of drug-likeness (QED) is 0.543. The SMILES string of the molecule is CCCC(=O)OCOC(=O)NC[C@@H](C)F. The molecule has 0 unspecified atom stereocenters. The van der Waals surface area contributed by atoms with Crippen molar-refractivity contribution >= 4 is 12.1 Å².